The summed E-state index contributed by atoms with van der Waals surface area (Å²) in [6.45, 7) is 5.28. The molecule has 1 unspecified atom stereocenters. The molecule has 4 nitrogen and oxygen atoms in total. The Morgan fingerprint density at radius 3 is 1.92 bits per heavy atom. The van der Waals surface area contributed by atoms with Crippen molar-refractivity contribution in [2.45, 2.75) is 27.0 Å². The SMILES string of the molecule is CC(C)(C)C(O)N1C(=O)C=CC1=O. The molecule has 1 N–H and O–H groups in total. The first-order valence-corrected chi connectivity index (χ1v) is 4.07. The highest BCUT2D eigenvalue weighted by molar-refractivity contribution is 6.13. The Morgan fingerprint density at radius 1 is 1.23 bits per heavy atom. The molecule has 0 aromatic heterocycles. The van der Waals surface area contributed by atoms with Crippen LogP contribution in [0.1, 0.15) is 20.8 Å². The molecule has 0 spiro atoms. The largest absolute Gasteiger partial charge is 0.372 e. The van der Waals surface area contributed by atoms with E-state index in [1.54, 1.807) is 20.8 Å². The van der Waals surface area contributed by atoms with E-state index in [4.69, 9.17) is 0 Å². The van der Waals surface area contributed by atoms with Crippen LogP contribution in [0.4, 0.5) is 0 Å². The lowest BCUT2D eigenvalue weighted by Gasteiger charge is -2.31. The topological polar surface area (TPSA) is 57.6 Å². The number of hydrogen-bond donors (Lipinski definition) is 1. The number of amides is 2. The number of nitrogens with zero attached hydrogens (tertiary/aromatic N) is 1. The number of carbonyl (C=O) groups excluding carboxylic acids is 2. The van der Waals surface area contributed by atoms with Crippen molar-refractivity contribution < 1.29 is 14.7 Å². The van der Waals surface area contributed by atoms with Crippen LogP contribution in [0.25, 0.3) is 0 Å². The fourth-order valence-electron chi connectivity index (χ4n) is 1.04. The van der Waals surface area contributed by atoms with E-state index < -0.39 is 23.5 Å². The van der Waals surface area contributed by atoms with Crippen molar-refractivity contribution in [1.82, 2.24) is 4.90 Å². The van der Waals surface area contributed by atoms with Crippen LogP contribution in [0.3, 0.4) is 0 Å². The molecule has 0 bridgehead atoms. The summed E-state index contributed by atoms with van der Waals surface area (Å²) in [7, 11) is 0. The zero-order valence-electron chi connectivity index (χ0n) is 7.94. The third-order valence-corrected chi connectivity index (χ3v) is 1.86. The normalized spacial score (nSPS) is 19.8. The van der Waals surface area contributed by atoms with Gasteiger partial charge in [0, 0.05) is 17.6 Å². The monoisotopic (exact) mass is 183 g/mol. The van der Waals surface area contributed by atoms with Crippen molar-refractivity contribution in [2.24, 2.45) is 5.41 Å². The second-order valence-electron chi connectivity index (χ2n) is 4.12. The van der Waals surface area contributed by atoms with Gasteiger partial charge < -0.3 is 5.11 Å². The molecular weight excluding hydrogens is 170 g/mol. The zero-order chi connectivity index (χ0) is 10.2. The van der Waals surface area contributed by atoms with Gasteiger partial charge in [-0.1, -0.05) is 20.8 Å². The van der Waals surface area contributed by atoms with Crippen molar-refractivity contribution in [1.29, 1.82) is 0 Å². The third kappa shape index (κ3) is 1.78. The molecule has 1 aliphatic rings. The fraction of sp³-hybridized carbons (Fsp3) is 0.556. The second kappa shape index (κ2) is 2.96. The van der Waals surface area contributed by atoms with E-state index in [0.717, 1.165) is 17.1 Å². The number of imide groups is 1. The average Bonchev–Trinajstić information content (AvgIpc) is 2.28. The number of aliphatic hydroxyl groups excluding tert-OH is 1. The predicted molar refractivity (Wildman–Crippen MR) is 46.5 cm³/mol. The Hall–Kier alpha value is -1.16. The van der Waals surface area contributed by atoms with Crippen LogP contribution in [-0.4, -0.2) is 28.0 Å². The van der Waals surface area contributed by atoms with Gasteiger partial charge in [0.1, 0.15) is 6.23 Å². The lowest BCUT2D eigenvalue weighted by atomic mass is 9.93. The van der Waals surface area contributed by atoms with Gasteiger partial charge in [0.2, 0.25) is 0 Å². The molecule has 1 heterocycles. The van der Waals surface area contributed by atoms with Crippen LogP contribution >= 0.6 is 0 Å². The molecule has 13 heavy (non-hydrogen) atoms. The Kier molecular flexibility index (Phi) is 2.26. The maximum Gasteiger partial charge on any atom is 0.255 e. The summed E-state index contributed by atoms with van der Waals surface area (Å²) in [5.74, 6) is -0.903. The lowest BCUT2D eigenvalue weighted by Crippen LogP contribution is -2.47. The van der Waals surface area contributed by atoms with Crippen molar-refractivity contribution in [3.63, 3.8) is 0 Å². The molecule has 0 aromatic carbocycles. The highest BCUT2D eigenvalue weighted by Gasteiger charge is 2.36. The molecule has 0 aromatic rings. The van der Waals surface area contributed by atoms with Gasteiger partial charge >= 0.3 is 0 Å². The van der Waals surface area contributed by atoms with Crippen LogP contribution in [-0.2, 0) is 9.59 Å². The maximum atomic E-state index is 11.1. The minimum Gasteiger partial charge on any atom is -0.372 e. The summed E-state index contributed by atoms with van der Waals surface area (Å²) in [6.07, 6.45) is 1.26. The average molecular weight is 183 g/mol. The number of rotatable bonds is 1. The summed E-state index contributed by atoms with van der Waals surface area (Å²) in [5.41, 5.74) is -0.517. The van der Waals surface area contributed by atoms with Crippen molar-refractivity contribution in [3.05, 3.63) is 12.2 Å². The van der Waals surface area contributed by atoms with Gasteiger partial charge in [-0.25, -0.2) is 4.90 Å². The van der Waals surface area contributed by atoms with Crippen molar-refractivity contribution in [2.75, 3.05) is 0 Å². The maximum absolute atomic E-state index is 11.1. The summed E-state index contributed by atoms with van der Waals surface area (Å²) >= 11 is 0. The minimum absolute atomic E-state index is 0.451. The van der Waals surface area contributed by atoms with E-state index in [1.165, 1.54) is 0 Å². The van der Waals surface area contributed by atoms with Crippen LogP contribution in [0.15, 0.2) is 12.2 Å². The molecule has 0 saturated carbocycles. The third-order valence-electron chi connectivity index (χ3n) is 1.86. The molecule has 0 saturated heterocycles. The van der Waals surface area contributed by atoms with E-state index in [1.807, 2.05) is 0 Å². The lowest BCUT2D eigenvalue weighted by molar-refractivity contribution is -0.155. The smallest absolute Gasteiger partial charge is 0.255 e. The molecule has 2 amide bonds. The number of hydrogen-bond acceptors (Lipinski definition) is 3. The van der Waals surface area contributed by atoms with Crippen LogP contribution < -0.4 is 0 Å². The second-order valence-corrected chi connectivity index (χ2v) is 4.12. The Bertz CT molecular complexity index is 257. The summed E-state index contributed by atoms with van der Waals surface area (Å²) < 4.78 is 0. The molecule has 0 fully saturated rings. The molecule has 4 heteroatoms. The molecule has 1 rings (SSSR count). The van der Waals surface area contributed by atoms with Crippen molar-refractivity contribution in [3.8, 4) is 0 Å². The summed E-state index contributed by atoms with van der Waals surface area (Å²) in [6, 6.07) is 0. The number of aliphatic hydroxyl groups is 1. The van der Waals surface area contributed by atoms with Crippen LogP contribution in [0.2, 0.25) is 0 Å². The first kappa shape index (κ1) is 9.92. The first-order chi connectivity index (χ1) is 5.84. The summed E-state index contributed by atoms with van der Waals surface area (Å²) in [4.78, 5) is 23.1. The Balaban J connectivity index is 2.85. The van der Waals surface area contributed by atoms with Gasteiger partial charge in [0.05, 0.1) is 0 Å². The van der Waals surface area contributed by atoms with E-state index in [9.17, 15) is 14.7 Å². The van der Waals surface area contributed by atoms with Gasteiger partial charge in [0.25, 0.3) is 11.8 Å². The van der Waals surface area contributed by atoms with Gasteiger partial charge in [0.15, 0.2) is 0 Å². The predicted octanol–water partition coefficient (Wildman–Crippen LogP) is 0.276. The van der Waals surface area contributed by atoms with E-state index >= 15 is 0 Å². The standard InChI is InChI=1S/C9H13NO3/c1-9(2,3)8(13)10-6(11)4-5-7(10)12/h4-5,8,13H,1-3H3. The zero-order valence-corrected chi connectivity index (χ0v) is 7.94. The Labute approximate surface area is 76.8 Å². The highest BCUT2D eigenvalue weighted by atomic mass is 16.3. The molecular formula is C9H13NO3. The molecule has 72 valence electrons. The minimum atomic E-state index is -1.07. The Morgan fingerprint density at radius 2 is 1.62 bits per heavy atom. The molecule has 1 atom stereocenters. The van der Waals surface area contributed by atoms with Crippen LogP contribution in [0.5, 0.6) is 0 Å². The van der Waals surface area contributed by atoms with Gasteiger partial charge in [-0.05, 0) is 0 Å². The molecule has 0 aliphatic carbocycles. The van der Waals surface area contributed by atoms with Crippen LogP contribution in [0, 0.1) is 5.41 Å². The van der Waals surface area contributed by atoms with E-state index in [0.29, 0.717) is 0 Å². The quantitative estimate of drug-likeness (QED) is 0.594. The fourth-order valence-corrected chi connectivity index (χ4v) is 1.04. The first-order valence-electron chi connectivity index (χ1n) is 4.07. The number of carbonyl (C=O) groups is 2. The van der Waals surface area contributed by atoms with Crippen molar-refractivity contribution >= 4 is 11.8 Å². The molecule has 1 aliphatic heterocycles. The van der Waals surface area contributed by atoms with Gasteiger partial charge in [-0.15, -0.1) is 0 Å². The highest BCUT2D eigenvalue weighted by Crippen LogP contribution is 2.24. The van der Waals surface area contributed by atoms with E-state index in [-0.39, 0.29) is 0 Å². The van der Waals surface area contributed by atoms with Gasteiger partial charge in [-0.3, -0.25) is 9.59 Å². The van der Waals surface area contributed by atoms with E-state index in [2.05, 4.69) is 0 Å². The summed E-state index contributed by atoms with van der Waals surface area (Å²) in [5, 5.41) is 9.67. The van der Waals surface area contributed by atoms with Gasteiger partial charge in [-0.2, -0.15) is 0 Å². The molecule has 0 radical (unpaired) electrons.